The van der Waals surface area contributed by atoms with Gasteiger partial charge >= 0.3 is 0 Å². The second-order valence-corrected chi connectivity index (χ2v) is 6.37. The number of rotatable bonds is 3. The molecule has 4 rings (SSSR count). The van der Waals surface area contributed by atoms with Crippen LogP contribution in [0.1, 0.15) is 34.9 Å². The molecule has 0 unspecified atom stereocenters. The lowest BCUT2D eigenvalue weighted by Gasteiger charge is -2.31. The summed E-state index contributed by atoms with van der Waals surface area (Å²) >= 11 is 0. The van der Waals surface area contributed by atoms with Crippen LogP contribution < -0.4 is 0 Å². The zero-order chi connectivity index (χ0) is 17.1. The Labute approximate surface area is 147 Å². The first-order valence-electron chi connectivity index (χ1n) is 8.67. The first kappa shape index (κ1) is 15.6. The summed E-state index contributed by atoms with van der Waals surface area (Å²) in [5.41, 5.74) is 2.24. The number of hydrogen-bond acceptors (Lipinski definition) is 3. The van der Waals surface area contributed by atoms with Crippen molar-refractivity contribution in [1.82, 2.24) is 9.88 Å². The Morgan fingerprint density at radius 1 is 0.960 bits per heavy atom. The third-order valence-corrected chi connectivity index (χ3v) is 4.79. The van der Waals surface area contributed by atoms with Gasteiger partial charge in [0, 0.05) is 18.7 Å². The van der Waals surface area contributed by atoms with E-state index in [4.69, 9.17) is 4.42 Å². The fourth-order valence-corrected chi connectivity index (χ4v) is 3.38. The molecule has 0 saturated carbocycles. The van der Waals surface area contributed by atoms with Crippen LogP contribution in [0, 0.1) is 0 Å². The van der Waals surface area contributed by atoms with Crippen LogP contribution >= 0.6 is 0 Å². The molecular formula is C21H20N2O2. The van der Waals surface area contributed by atoms with Crippen LogP contribution in [0.2, 0.25) is 0 Å². The van der Waals surface area contributed by atoms with Gasteiger partial charge in [-0.25, -0.2) is 4.98 Å². The largest absolute Gasteiger partial charge is 0.431 e. The maximum absolute atomic E-state index is 12.7. The number of benzene rings is 2. The summed E-state index contributed by atoms with van der Waals surface area (Å²) in [6, 6.07) is 20.2. The van der Waals surface area contributed by atoms with E-state index in [0.29, 0.717) is 17.6 Å². The summed E-state index contributed by atoms with van der Waals surface area (Å²) in [6.07, 6.45) is 3.50. The lowest BCUT2D eigenvalue weighted by Crippen LogP contribution is -2.37. The van der Waals surface area contributed by atoms with Crippen LogP contribution in [0.4, 0.5) is 0 Å². The van der Waals surface area contributed by atoms with Gasteiger partial charge in [-0.05, 0) is 36.5 Å². The fourth-order valence-electron chi connectivity index (χ4n) is 3.38. The van der Waals surface area contributed by atoms with Gasteiger partial charge in [-0.2, -0.15) is 0 Å². The van der Waals surface area contributed by atoms with Gasteiger partial charge in [-0.3, -0.25) is 4.79 Å². The summed E-state index contributed by atoms with van der Waals surface area (Å²) in [5.74, 6) is 1.26. The molecule has 126 valence electrons. The molecule has 4 heteroatoms. The van der Waals surface area contributed by atoms with E-state index in [1.54, 1.807) is 0 Å². The van der Waals surface area contributed by atoms with Crippen molar-refractivity contribution in [3.63, 3.8) is 0 Å². The average Bonchev–Trinajstić information content (AvgIpc) is 3.19. The van der Waals surface area contributed by atoms with Gasteiger partial charge < -0.3 is 9.32 Å². The molecule has 0 spiro atoms. The Morgan fingerprint density at radius 2 is 1.60 bits per heavy atom. The van der Waals surface area contributed by atoms with E-state index < -0.39 is 0 Å². The summed E-state index contributed by atoms with van der Waals surface area (Å²) in [7, 11) is 0. The third-order valence-electron chi connectivity index (χ3n) is 4.79. The van der Waals surface area contributed by atoms with E-state index in [-0.39, 0.29) is 5.91 Å². The van der Waals surface area contributed by atoms with Crippen molar-refractivity contribution in [2.45, 2.75) is 18.8 Å². The summed E-state index contributed by atoms with van der Waals surface area (Å²) in [4.78, 5) is 18.8. The van der Waals surface area contributed by atoms with E-state index in [2.05, 4.69) is 29.2 Å². The molecule has 4 nitrogen and oxygen atoms in total. The normalized spacial score (nSPS) is 15.3. The molecule has 3 aromatic rings. The number of amides is 1. The van der Waals surface area contributed by atoms with Crippen LogP contribution in [0.3, 0.4) is 0 Å². The van der Waals surface area contributed by atoms with Crippen molar-refractivity contribution in [3.8, 4) is 11.5 Å². The predicted octanol–water partition coefficient (Wildman–Crippen LogP) is 4.36. The van der Waals surface area contributed by atoms with Crippen LogP contribution in [0.25, 0.3) is 11.5 Å². The molecule has 1 aromatic heterocycles. The highest BCUT2D eigenvalue weighted by Gasteiger charge is 2.26. The molecule has 0 aliphatic carbocycles. The minimum absolute atomic E-state index is 0.0683. The minimum Gasteiger partial charge on any atom is -0.431 e. The monoisotopic (exact) mass is 332 g/mol. The lowest BCUT2D eigenvalue weighted by molar-refractivity contribution is 0.0681. The molecule has 2 aromatic carbocycles. The Kier molecular flexibility index (Phi) is 4.34. The molecule has 1 amide bonds. The number of likely N-dealkylation sites (tertiary alicyclic amines) is 1. The molecule has 2 heterocycles. The zero-order valence-corrected chi connectivity index (χ0v) is 14.0. The van der Waals surface area contributed by atoms with Crippen molar-refractivity contribution in [3.05, 3.63) is 78.2 Å². The van der Waals surface area contributed by atoms with Crippen molar-refractivity contribution in [2.24, 2.45) is 0 Å². The number of carbonyl (C=O) groups is 1. The van der Waals surface area contributed by atoms with Crippen molar-refractivity contribution < 1.29 is 9.21 Å². The van der Waals surface area contributed by atoms with E-state index in [1.165, 1.54) is 11.8 Å². The first-order valence-corrected chi connectivity index (χ1v) is 8.67. The van der Waals surface area contributed by atoms with Crippen LogP contribution in [-0.2, 0) is 0 Å². The maximum atomic E-state index is 12.7. The predicted molar refractivity (Wildman–Crippen MR) is 96.3 cm³/mol. The number of aromatic nitrogens is 1. The van der Waals surface area contributed by atoms with E-state index in [9.17, 15) is 4.79 Å². The molecule has 1 saturated heterocycles. The van der Waals surface area contributed by atoms with Crippen LogP contribution in [-0.4, -0.2) is 28.9 Å². The Bertz CT molecular complexity index is 835. The van der Waals surface area contributed by atoms with Crippen molar-refractivity contribution >= 4 is 5.91 Å². The molecule has 1 fully saturated rings. The fraction of sp³-hybridized carbons (Fsp3) is 0.238. The van der Waals surface area contributed by atoms with Gasteiger partial charge in [0.1, 0.15) is 0 Å². The van der Waals surface area contributed by atoms with Gasteiger partial charge in [0.05, 0.1) is 6.20 Å². The smallest absolute Gasteiger partial charge is 0.291 e. The highest BCUT2D eigenvalue weighted by molar-refractivity contribution is 5.91. The van der Waals surface area contributed by atoms with Crippen molar-refractivity contribution in [2.75, 3.05) is 13.1 Å². The number of oxazole rings is 1. The molecule has 25 heavy (non-hydrogen) atoms. The average molecular weight is 332 g/mol. The summed E-state index contributed by atoms with van der Waals surface area (Å²) in [6.45, 7) is 1.50. The Morgan fingerprint density at radius 3 is 2.28 bits per heavy atom. The van der Waals surface area contributed by atoms with Crippen LogP contribution in [0.15, 0.2) is 71.3 Å². The second kappa shape index (κ2) is 6.93. The van der Waals surface area contributed by atoms with Gasteiger partial charge in [0.25, 0.3) is 5.91 Å². The maximum Gasteiger partial charge on any atom is 0.291 e. The first-order chi connectivity index (χ1) is 12.3. The minimum atomic E-state index is -0.0683. The second-order valence-electron chi connectivity index (χ2n) is 6.37. The van der Waals surface area contributed by atoms with Crippen molar-refractivity contribution in [1.29, 1.82) is 0 Å². The van der Waals surface area contributed by atoms with Gasteiger partial charge in [-0.15, -0.1) is 0 Å². The SMILES string of the molecule is O=C(c1cnc(-c2ccccc2)o1)N1CCC(c2ccccc2)CC1. The van der Waals surface area contributed by atoms with Gasteiger partial charge in [0.15, 0.2) is 0 Å². The molecule has 0 radical (unpaired) electrons. The topological polar surface area (TPSA) is 46.3 Å². The number of piperidine rings is 1. The number of hydrogen-bond donors (Lipinski definition) is 0. The molecule has 0 N–H and O–H groups in total. The summed E-state index contributed by atoms with van der Waals surface area (Å²) < 4.78 is 5.69. The lowest BCUT2D eigenvalue weighted by atomic mass is 9.89. The molecule has 1 aliphatic rings. The van der Waals surface area contributed by atoms with E-state index in [1.807, 2.05) is 41.3 Å². The third kappa shape index (κ3) is 3.33. The molecule has 0 bridgehead atoms. The van der Waals surface area contributed by atoms with E-state index in [0.717, 1.165) is 31.5 Å². The van der Waals surface area contributed by atoms with Gasteiger partial charge in [-0.1, -0.05) is 48.5 Å². The molecule has 1 aliphatic heterocycles. The van der Waals surface area contributed by atoms with Crippen LogP contribution in [0.5, 0.6) is 0 Å². The Hall–Kier alpha value is -2.88. The quantitative estimate of drug-likeness (QED) is 0.716. The number of carbonyl (C=O) groups excluding carboxylic acids is 1. The zero-order valence-electron chi connectivity index (χ0n) is 14.0. The molecule has 0 atom stereocenters. The Balaban J connectivity index is 1.42. The highest BCUT2D eigenvalue weighted by Crippen LogP contribution is 2.29. The number of nitrogens with zero attached hydrogens (tertiary/aromatic N) is 2. The van der Waals surface area contributed by atoms with E-state index >= 15 is 0 Å². The van der Waals surface area contributed by atoms with Gasteiger partial charge in [0.2, 0.25) is 11.7 Å². The molecular weight excluding hydrogens is 312 g/mol. The highest BCUT2D eigenvalue weighted by atomic mass is 16.4. The summed E-state index contributed by atoms with van der Waals surface area (Å²) in [5, 5.41) is 0. The standard InChI is InChI=1S/C21H20N2O2/c24-21(19-15-22-20(25-19)18-9-5-2-6-10-18)23-13-11-17(12-14-23)16-7-3-1-4-8-16/h1-10,15,17H,11-14H2.